The van der Waals surface area contributed by atoms with E-state index in [1.165, 1.54) is 36.6 Å². The molecule has 9 heteroatoms. The summed E-state index contributed by atoms with van der Waals surface area (Å²) in [6.45, 7) is 1.79. The van der Waals surface area contributed by atoms with Crippen molar-refractivity contribution in [2.75, 3.05) is 19.1 Å². The van der Waals surface area contributed by atoms with Gasteiger partial charge in [0, 0.05) is 11.1 Å². The Morgan fingerprint density at radius 1 is 1.06 bits per heavy atom. The summed E-state index contributed by atoms with van der Waals surface area (Å²) in [5.74, 6) is -1.64. The molecule has 0 saturated carbocycles. The number of carbonyl (C=O) groups is 2. The van der Waals surface area contributed by atoms with Gasteiger partial charge < -0.3 is 14.6 Å². The van der Waals surface area contributed by atoms with Gasteiger partial charge in [0.2, 0.25) is 0 Å². The number of rotatable bonds is 5. The predicted octanol–water partition coefficient (Wildman–Crippen LogP) is 5.39. The average Bonchev–Trinajstić information content (AvgIpc) is 3.41. The number of ketones is 1. The number of amides is 1. The highest BCUT2D eigenvalue weighted by Crippen LogP contribution is 2.45. The molecule has 1 aliphatic rings. The number of methoxy groups -OCH3 is 2. The smallest absolute Gasteiger partial charge is 0.301 e. The molecule has 2 heterocycles. The highest BCUT2D eigenvalue weighted by Gasteiger charge is 2.49. The minimum absolute atomic E-state index is 0.0697. The molecule has 7 nitrogen and oxygen atoms in total. The largest absolute Gasteiger partial charge is 0.507 e. The summed E-state index contributed by atoms with van der Waals surface area (Å²) < 4.78 is 26.4. The van der Waals surface area contributed by atoms with Crippen molar-refractivity contribution in [2.24, 2.45) is 0 Å². The Labute approximate surface area is 210 Å². The predicted molar refractivity (Wildman–Crippen MR) is 135 cm³/mol. The van der Waals surface area contributed by atoms with Crippen molar-refractivity contribution < 1.29 is 28.6 Å². The summed E-state index contributed by atoms with van der Waals surface area (Å²) in [6, 6.07) is 14.8. The van der Waals surface area contributed by atoms with Crippen LogP contribution in [0.25, 0.3) is 16.0 Å². The molecule has 0 radical (unpaired) electrons. The minimum Gasteiger partial charge on any atom is -0.507 e. The second-order valence-corrected chi connectivity index (χ2v) is 9.21. The van der Waals surface area contributed by atoms with Crippen LogP contribution in [-0.4, -0.2) is 36.0 Å². The molecule has 1 aliphatic heterocycles. The van der Waals surface area contributed by atoms with Gasteiger partial charge in [-0.3, -0.25) is 14.5 Å². The van der Waals surface area contributed by atoms with Crippen LogP contribution in [0.3, 0.4) is 0 Å². The van der Waals surface area contributed by atoms with Gasteiger partial charge in [-0.1, -0.05) is 29.5 Å². The molecule has 1 aromatic heterocycles. The lowest BCUT2D eigenvalue weighted by molar-refractivity contribution is -0.132. The van der Waals surface area contributed by atoms with Crippen molar-refractivity contribution in [3.63, 3.8) is 0 Å². The third-order valence-electron chi connectivity index (χ3n) is 6.10. The van der Waals surface area contributed by atoms with Crippen LogP contribution < -0.4 is 14.4 Å². The number of Topliss-reactive ketones (excluding diaryl/α,β-unsaturated/α-hetero) is 1. The number of aliphatic hydroxyl groups is 1. The molecule has 1 fully saturated rings. The molecule has 182 valence electrons. The van der Waals surface area contributed by atoms with Gasteiger partial charge in [-0.25, -0.2) is 9.37 Å². The van der Waals surface area contributed by atoms with Gasteiger partial charge in [-0.05, 0) is 55.0 Å². The first-order valence-electron chi connectivity index (χ1n) is 11.0. The number of fused-ring (bicyclic) bond motifs is 1. The molecule has 1 N–H and O–H groups in total. The van der Waals surface area contributed by atoms with E-state index in [1.54, 1.807) is 56.5 Å². The van der Waals surface area contributed by atoms with Crippen LogP contribution in [0.1, 0.15) is 22.7 Å². The summed E-state index contributed by atoms with van der Waals surface area (Å²) in [5, 5.41) is 11.5. The first kappa shape index (κ1) is 23.5. The number of benzene rings is 3. The maximum absolute atomic E-state index is 15.1. The second-order valence-electron chi connectivity index (χ2n) is 8.21. The third kappa shape index (κ3) is 3.77. The Balaban J connectivity index is 1.73. The zero-order valence-corrected chi connectivity index (χ0v) is 20.4. The van der Waals surface area contributed by atoms with Crippen molar-refractivity contribution in [3.8, 4) is 11.5 Å². The number of halogens is 1. The number of thiazole rings is 1. The number of hydrogen-bond donors (Lipinski definition) is 1. The van der Waals surface area contributed by atoms with Gasteiger partial charge in [0.05, 0.1) is 30.0 Å². The van der Waals surface area contributed by atoms with E-state index in [0.717, 1.165) is 15.2 Å². The van der Waals surface area contributed by atoms with Gasteiger partial charge >= 0.3 is 5.91 Å². The summed E-state index contributed by atoms with van der Waals surface area (Å²) >= 11 is 1.17. The van der Waals surface area contributed by atoms with E-state index < -0.39 is 29.3 Å². The van der Waals surface area contributed by atoms with E-state index in [1.807, 2.05) is 0 Å². The first-order chi connectivity index (χ1) is 17.3. The Kier molecular flexibility index (Phi) is 5.93. The fourth-order valence-corrected chi connectivity index (χ4v) is 5.35. The maximum atomic E-state index is 15.1. The average molecular weight is 505 g/mol. The summed E-state index contributed by atoms with van der Waals surface area (Å²) in [7, 11) is 3.07. The number of ether oxygens (including phenoxy) is 2. The van der Waals surface area contributed by atoms with E-state index in [9.17, 15) is 14.7 Å². The zero-order chi connectivity index (χ0) is 25.6. The van der Waals surface area contributed by atoms with E-state index in [4.69, 9.17) is 9.47 Å². The summed E-state index contributed by atoms with van der Waals surface area (Å²) in [5.41, 5.74) is 1.47. The number of aryl methyl sites for hydroxylation is 1. The van der Waals surface area contributed by atoms with Gasteiger partial charge in [-0.2, -0.15) is 0 Å². The van der Waals surface area contributed by atoms with Crippen LogP contribution in [0.4, 0.5) is 9.52 Å². The standard InChI is InChI=1S/C27H21FN2O5S/c1-14-12-15(8-11-20(14)35-3)24(31)22-23(17-6-4-5-7-18(17)28)30(26(33)25(22)32)27-29-19-10-9-16(34-2)13-21(19)36-27/h4-13,23,31H,1-3H3/b24-22+/t23-/m1/s1. The number of aromatic nitrogens is 1. The van der Waals surface area contributed by atoms with Crippen LogP contribution in [0, 0.1) is 12.7 Å². The third-order valence-corrected chi connectivity index (χ3v) is 7.12. The highest BCUT2D eigenvalue weighted by molar-refractivity contribution is 7.22. The van der Waals surface area contributed by atoms with Crippen LogP contribution in [-0.2, 0) is 9.59 Å². The van der Waals surface area contributed by atoms with Gasteiger partial charge in [-0.15, -0.1) is 0 Å². The number of aliphatic hydroxyl groups excluding tert-OH is 1. The normalized spacial score (nSPS) is 17.1. The molecule has 3 aromatic carbocycles. The molecule has 5 rings (SSSR count). The van der Waals surface area contributed by atoms with Crippen molar-refractivity contribution in [3.05, 3.63) is 88.7 Å². The topological polar surface area (TPSA) is 89.0 Å². The van der Waals surface area contributed by atoms with E-state index >= 15 is 4.39 Å². The molecule has 0 unspecified atom stereocenters. The lowest BCUT2D eigenvalue weighted by Gasteiger charge is -2.23. The molecule has 1 atom stereocenters. The molecule has 1 saturated heterocycles. The van der Waals surface area contributed by atoms with Crippen molar-refractivity contribution in [2.45, 2.75) is 13.0 Å². The van der Waals surface area contributed by atoms with Crippen LogP contribution >= 0.6 is 11.3 Å². The first-order valence-corrected chi connectivity index (χ1v) is 11.8. The SMILES string of the molecule is COc1ccc2nc(N3C(=O)C(=O)/C(=C(/O)c4ccc(OC)c(C)c4)[C@H]3c3ccccc3F)sc2c1. The molecule has 36 heavy (non-hydrogen) atoms. The number of hydrogen-bond acceptors (Lipinski definition) is 7. The molecule has 4 aromatic rings. The number of anilines is 1. The summed E-state index contributed by atoms with van der Waals surface area (Å²) in [4.78, 5) is 32.4. The van der Waals surface area contributed by atoms with Gasteiger partial charge in [0.1, 0.15) is 29.1 Å². The monoisotopic (exact) mass is 504 g/mol. The fraction of sp³-hybridized carbons (Fsp3) is 0.148. The number of carbonyl (C=O) groups excluding carboxylic acids is 2. The highest BCUT2D eigenvalue weighted by atomic mass is 32.1. The Morgan fingerprint density at radius 2 is 1.83 bits per heavy atom. The maximum Gasteiger partial charge on any atom is 0.301 e. The van der Waals surface area contributed by atoms with Gasteiger partial charge in [0.25, 0.3) is 5.78 Å². The zero-order valence-electron chi connectivity index (χ0n) is 19.6. The van der Waals surface area contributed by atoms with E-state index in [2.05, 4.69) is 4.98 Å². The Hall–Kier alpha value is -4.24. The molecule has 0 spiro atoms. The van der Waals surface area contributed by atoms with Crippen LogP contribution in [0.15, 0.2) is 66.2 Å². The molecule has 0 aliphatic carbocycles. The second kappa shape index (κ2) is 9.09. The summed E-state index contributed by atoms with van der Waals surface area (Å²) in [6.07, 6.45) is 0. The fourth-order valence-electron chi connectivity index (χ4n) is 4.32. The van der Waals surface area contributed by atoms with Gasteiger partial charge in [0.15, 0.2) is 5.13 Å². The molecular formula is C27H21FN2O5S. The quantitative estimate of drug-likeness (QED) is 0.223. The number of nitrogens with zero attached hydrogens (tertiary/aromatic N) is 2. The lowest BCUT2D eigenvalue weighted by atomic mass is 9.94. The Morgan fingerprint density at radius 3 is 2.53 bits per heavy atom. The van der Waals surface area contributed by atoms with Crippen molar-refractivity contribution in [1.82, 2.24) is 4.98 Å². The van der Waals surface area contributed by atoms with Crippen molar-refractivity contribution >= 4 is 44.1 Å². The van der Waals surface area contributed by atoms with Crippen LogP contribution in [0.2, 0.25) is 0 Å². The van der Waals surface area contributed by atoms with E-state index in [-0.39, 0.29) is 16.3 Å². The minimum atomic E-state index is -1.21. The van der Waals surface area contributed by atoms with E-state index in [0.29, 0.717) is 22.6 Å². The lowest BCUT2D eigenvalue weighted by Crippen LogP contribution is -2.29. The molecular weight excluding hydrogens is 483 g/mol. The Bertz CT molecular complexity index is 1560. The van der Waals surface area contributed by atoms with Crippen molar-refractivity contribution in [1.29, 1.82) is 0 Å². The molecule has 1 amide bonds. The molecule has 0 bridgehead atoms. The van der Waals surface area contributed by atoms with Crippen LogP contribution in [0.5, 0.6) is 11.5 Å².